The van der Waals surface area contributed by atoms with E-state index in [1.165, 1.54) is 23.2 Å². The minimum absolute atomic E-state index is 0.119. The quantitative estimate of drug-likeness (QED) is 0.304. The van der Waals surface area contributed by atoms with Crippen LogP contribution in [0.5, 0.6) is 5.75 Å². The van der Waals surface area contributed by atoms with E-state index < -0.39 is 18.1 Å². The summed E-state index contributed by atoms with van der Waals surface area (Å²) in [4.78, 5) is 25.9. The van der Waals surface area contributed by atoms with E-state index in [0.29, 0.717) is 24.7 Å². The first-order valence-corrected chi connectivity index (χ1v) is 11.1. The molecule has 0 saturated carbocycles. The second-order valence-electron chi connectivity index (χ2n) is 8.03. The molecule has 0 radical (unpaired) electrons. The highest BCUT2D eigenvalue weighted by Crippen LogP contribution is 2.35. The van der Waals surface area contributed by atoms with Crippen LogP contribution in [0.3, 0.4) is 0 Å². The number of oxazole rings is 1. The van der Waals surface area contributed by atoms with Gasteiger partial charge in [0.1, 0.15) is 5.75 Å². The fraction of sp³-hybridized carbons (Fsp3) is 0.167. The number of halogens is 3. The fourth-order valence-corrected chi connectivity index (χ4v) is 3.70. The summed E-state index contributed by atoms with van der Waals surface area (Å²) in [7, 11) is 0. The van der Waals surface area contributed by atoms with Crippen molar-refractivity contribution in [1.82, 2.24) is 20.3 Å². The largest absolute Gasteiger partial charge is 0.573 e. The number of alkyl halides is 3. The van der Waals surface area contributed by atoms with Crippen LogP contribution in [0.1, 0.15) is 5.56 Å². The number of ether oxygens (including phenoxy) is 1. The minimum Gasteiger partial charge on any atom is -0.423 e. The maximum absolute atomic E-state index is 12.9. The van der Waals surface area contributed by atoms with Crippen molar-refractivity contribution < 1.29 is 27.1 Å². The molecule has 0 aliphatic carbocycles. The number of amides is 2. The first-order chi connectivity index (χ1) is 17.7. The molecule has 1 fully saturated rings. The summed E-state index contributed by atoms with van der Waals surface area (Å²) in [6, 6.07) is 10.8. The van der Waals surface area contributed by atoms with Gasteiger partial charge in [0.25, 0.3) is 6.01 Å². The molecule has 2 aromatic carbocycles. The first kappa shape index (κ1) is 23.9. The van der Waals surface area contributed by atoms with E-state index >= 15 is 0 Å². The highest BCUT2D eigenvalue weighted by molar-refractivity contribution is 5.95. The molecule has 3 heterocycles. The monoisotopic (exact) mass is 511 g/mol. The lowest BCUT2D eigenvalue weighted by molar-refractivity contribution is -0.274. The standard InChI is InChI=1S/C24H20F3N7O3/c1-14-3-4-16(32-21-28-5-2-6-29-21)11-19(14)33-22-31-13-20(36-22)15-9-17(34-8-7-30-23(34)35)12-18(10-15)37-24(25,26)27/h2-6,9-13H,7-8H2,1H3,(H,30,35)(H,31,33)(H,28,29,32). The molecule has 190 valence electrons. The van der Waals surface area contributed by atoms with Gasteiger partial charge >= 0.3 is 12.4 Å². The molecular weight excluding hydrogens is 491 g/mol. The van der Waals surface area contributed by atoms with Gasteiger partial charge in [-0.25, -0.2) is 19.7 Å². The Morgan fingerprint density at radius 2 is 1.89 bits per heavy atom. The van der Waals surface area contributed by atoms with Crippen LogP contribution in [0.15, 0.2) is 65.5 Å². The lowest BCUT2D eigenvalue weighted by atomic mass is 10.1. The van der Waals surface area contributed by atoms with Crippen molar-refractivity contribution in [3.63, 3.8) is 0 Å². The summed E-state index contributed by atoms with van der Waals surface area (Å²) < 4.78 is 48.7. The number of nitrogens with zero attached hydrogens (tertiary/aromatic N) is 4. The Labute approximate surface area is 208 Å². The van der Waals surface area contributed by atoms with Crippen molar-refractivity contribution >= 4 is 35.1 Å². The third-order valence-electron chi connectivity index (χ3n) is 5.38. The number of benzene rings is 2. The maximum atomic E-state index is 12.9. The molecule has 2 amide bonds. The van der Waals surface area contributed by atoms with Crippen LogP contribution < -0.4 is 25.6 Å². The molecule has 0 atom stereocenters. The Morgan fingerprint density at radius 1 is 1.08 bits per heavy atom. The predicted octanol–water partition coefficient (Wildman–Crippen LogP) is 5.36. The minimum atomic E-state index is -4.90. The van der Waals surface area contributed by atoms with Crippen LogP contribution in [0.2, 0.25) is 0 Å². The Bertz CT molecular complexity index is 1430. The lowest BCUT2D eigenvalue weighted by Crippen LogP contribution is -2.27. The predicted molar refractivity (Wildman–Crippen MR) is 129 cm³/mol. The van der Waals surface area contributed by atoms with Crippen LogP contribution in [0, 0.1) is 6.92 Å². The first-order valence-electron chi connectivity index (χ1n) is 11.1. The molecule has 37 heavy (non-hydrogen) atoms. The highest BCUT2D eigenvalue weighted by atomic mass is 19.4. The van der Waals surface area contributed by atoms with Gasteiger partial charge in [-0.3, -0.25) is 4.90 Å². The zero-order valence-electron chi connectivity index (χ0n) is 19.3. The molecule has 4 aromatic rings. The van der Waals surface area contributed by atoms with Crippen molar-refractivity contribution in [2.75, 3.05) is 28.6 Å². The number of carbonyl (C=O) groups excluding carboxylic acids is 1. The summed E-state index contributed by atoms with van der Waals surface area (Å²) in [5, 5.41) is 8.78. The molecule has 2 aromatic heterocycles. The van der Waals surface area contributed by atoms with Crippen molar-refractivity contribution in [3.8, 4) is 17.1 Å². The average molecular weight is 511 g/mol. The summed E-state index contributed by atoms with van der Waals surface area (Å²) in [5.74, 6) is 0.128. The number of hydrogen-bond donors (Lipinski definition) is 3. The molecule has 5 rings (SSSR count). The van der Waals surface area contributed by atoms with Crippen LogP contribution in [-0.2, 0) is 0 Å². The second-order valence-corrected chi connectivity index (χ2v) is 8.03. The molecule has 0 bridgehead atoms. The molecule has 0 spiro atoms. The molecule has 10 nitrogen and oxygen atoms in total. The summed E-state index contributed by atoms with van der Waals surface area (Å²) in [5.41, 5.74) is 2.78. The second kappa shape index (κ2) is 9.68. The third kappa shape index (κ3) is 5.72. The Hall–Kier alpha value is -4.81. The van der Waals surface area contributed by atoms with Gasteiger partial charge in [0.05, 0.1) is 6.20 Å². The van der Waals surface area contributed by atoms with Gasteiger partial charge in [0.15, 0.2) is 5.76 Å². The van der Waals surface area contributed by atoms with Gasteiger partial charge in [-0.1, -0.05) is 6.07 Å². The van der Waals surface area contributed by atoms with Crippen molar-refractivity contribution in [2.24, 2.45) is 0 Å². The SMILES string of the molecule is Cc1ccc(Nc2ncccn2)cc1Nc1ncc(-c2cc(OC(F)(F)F)cc(N3CCNC3=O)c2)o1. The van der Waals surface area contributed by atoms with Crippen LogP contribution in [-0.4, -0.2) is 40.4 Å². The number of hydrogen-bond acceptors (Lipinski definition) is 8. The van der Waals surface area contributed by atoms with E-state index in [1.54, 1.807) is 18.5 Å². The highest BCUT2D eigenvalue weighted by Gasteiger charge is 2.32. The van der Waals surface area contributed by atoms with Gasteiger partial charge in [0.2, 0.25) is 5.95 Å². The lowest BCUT2D eigenvalue weighted by Gasteiger charge is -2.17. The molecular formula is C24H20F3N7O3. The fourth-order valence-electron chi connectivity index (χ4n) is 3.70. The molecule has 1 aliphatic rings. The van der Waals surface area contributed by atoms with Crippen molar-refractivity contribution in [2.45, 2.75) is 13.3 Å². The Balaban J connectivity index is 1.41. The van der Waals surface area contributed by atoms with E-state index in [9.17, 15) is 18.0 Å². The van der Waals surface area contributed by atoms with E-state index in [0.717, 1.165) is 17.3 Å². The Morgan fingerprint density at radius 3 is 2.62 bits per heavy atom. The van der Waals surface area contributed by atoms with E-state index in [2.05, 4.69) is 35.6 Å². The van der Waals surface area contributed by atoms with Crippen LogP contribution >= 0.6 is 0 Å². The zero-order valence-corrected chi connectivity index (χ0v) is 19.3. The molecule has 13 heteroatoms. The third-order valence-corrected chi connectivity index (χ3v) is 5.38. The summed E-state index contributed by atoms with van der Waals surface area (Å²) >= 11 is 0. The zero-order chi connectivity index (χ0) is 26.0. The molecule has 1 saturated heterocycles. The number of aromatic nitrogens is 3. The van der Waals surface area contributed by atoms with Gasteiger partial charge in [0, 0.05) is 54.2 Å². The summed E-state index contributed by atoms with van der Waals surface area (Å²) in [6.07, 6.45) is -0.294. The van der Waals surface area contributed by atoms with E-state index in [4.69, 9.17) is 4.42 Å². The number of aryl methyl sites for hydroxylation is 1. The average Bonchev–Trinajstić information content (AvgIpc) is 3.50. The number of carbonyl (C=O) groups is 1. The van der Waals surface area contributed by atoms with Gasteiger partial charge in [-0.15, -0.1) is 13.2 Å². The Kier molecular flexibility index (Phi) is 6.26. The summed E-state index contributed by atoms with van der Waals surface area (Å²) in [6.45, 7) is 2.56. The number of anilines is 5. The van der Waals surface area contributed by atoms with Crippen LogP contribution in [0.4, 0.5) is 47.0 Å². The van der Waals surface area contributed by atoms with E-state index in [-0.39, 0.29) is 23.0 Å². The van der Waals surface area contributed by atoms with Crippen molar-refractivity contribution in [1.29, 1.82) is 0 Å². The maximum Gasteiger partial charge on any atom is 0.573 e. The number of nitrogens with one attached hydrogen (secondary N) is 3. The molecule has 3 N–H and O–H groups in total. The normalized spacial score (nSPS) is 13.4. The van der Waals surface area contributed by atoms with Crippen molar-refractivity contribution in [3.05, 3.63) is 66.6 Å². The number of rotatable bonds is 7. The molecule has 1 aliphatic heterocycles. The topological polar surface area (TPSA) is 117 Å². The van der Waals surface area contributed by atoms with Gasteiger partial charge < -0.3 is 25.1 Å². The van der Waals surface area contributed by atoms with Crippen LogP contribution in [0.25, 0.3) is 11.3 Å². The van der Waals surface area contributed by atoms with Gasteiger partial charge in [-0.05, 0) is 42.8 Å². The number of urea groups is 1. The smallest absolute Gasteiger partial charge is 0.423 e. The van der Waals surface area contributed by atoms with E-state index in [1.807, 2.05) is 25.1 Å². The van der Waals surface area contributed by atoms with Gasteiger partial charge in [-0.2, -0.15) is 0 Å². The molecule has 0 unspecified atom stereocenters.